The van der Waals surface area contributed by atoms with Crippen LogP contribution in [-0.4, -0.2) is 6.16 Å². The van der Waals surface area contributed by atoms with E-state index in [0.29, 0.717) is 17.2 Å². The Morgan fingerprint density at radius 3 is 1.94 bits per heavy atom. The van der Waals surface area contributed by atoms with Gasteiger partial charge in [-0.1, -0.05) is 18.2 Å². The van der Waals surface area contributed by atoms with Gasteiger partial charge in [0.25, 0.3) is 0 Å². The first kappa shape index (κ1) is 11.0. The average molecular weight is 229 g/mol. The second kappa shape index (κ2) is 5.03. The number of carbonyl (C=O) groups excluding carboxylic acids is 1. The maximum Gasteiger partial charge on any atom is 0.519 e. The van der Waals surface area contributed by atoms with Gasteiger partial charge in [0.2, 0.25) is 0 Å². The number of ether oxygens (including phenoxy) is 2. The van der Waals surface area contributed by atoms with Crippen LogP contribution in [0.15, 0.2) is 54.6 Å². The third-order valence-electron chi connectivity index (χ3n) is 2.03. The molecule has 0 atom stereocenters. The van der Waals surface area contributed by atoms with Gasteiger partial charge in [-0.25, -0.2) is 4.79 Å². The molecule has 0 saturated heterocycles. The maximum absolute atomic E-state index is 11.4. The van der Waals surface area contributed by atoms with Gasteiger partial charge in [0.1, 0.15) is 11.5 Å². The van der Waals surface area contributed by atoms with Crippen LogP contribution in [0.25, 0.3) is 0 Å². The van der Waals surface area contributed by atoms with E-state index in [0.717, 1.165) is 0 Å². The smallest absolute Gasteiger partial charge is 0.399 e. The molecule has 17 heavy (non-hydrogen) atoms. The van der Waals surface area contributed by atoms with Crippen molar-refractivity contribution in [3.63, 3.8) is 0 Å². The molecule has 0 unspecified atom stereocenters. The average Bonchev–Trinajstić information content (AvgIpc) is 2.33. The molecule has 0 aromatic heterocycles. The minimum atomic E-state index is -0.777. The first-order chi connectivity index (χ1) is 8.24. The first-order valence-corrected chi connectivity index (χ1v) is 5.04. The van der Waals surface area contributed by atoms with Gasteiger partial charge < -0.3 is 15.2 Å². The van der Waals surface area contributed by atoms with Crippen molar-refractivity contribution in [1.29, 1.82) is 0 Å². The number of carbonyl (C=O) groups is 1. The van der Waals surface area contributed by atoms with Crippen LogP contribution in [-0.2, 0) is 0 Å². The van der Waals surface area contributed by atoms with E-state index in [9.17, 15) is 4.79 Å². The van der Waals surface area contributed by atoms with Gasteiger partial charge in [-0.3, -0.25) is 0 Å². The third-order valence-corrected chi connectivity index (χ3v) is 2.03. The third kappa shape index (κ3) is 3.24. The zero-order valence-electron chi connectivity index (χ0n) is 9.00. The summed E-state index contributed by atoms with van der Waals surface area (Å²) >= 11 is 0. The lowest BCUT2D eigenvalue weighted by Gasteiger charge is -2.05. The van der Waals surface area contributed by atoms with Gasteiger partial charge in [-0.05, 0) is 36.4 Å². The van der Waals surface area contributed by atoms with Crippen molar-refractivity contribution in [2.75, 3.05) is 5.73 Å². The molecule has 0 amide bonds. The molecule has 2 rings (SSSR count). The van der Waals surface area contributed by atoms with E-state index in [1.54, 1.807) is 48.5 Å². The summed E-state index contributed by atoms with van der Waals surface area (Å²) in [6, 6.07) is 15.2. The number of hydrogen-bond donors (Lipinski definition) is 1. The van der Waals surface area contributed by atoms with E-state index in [1.165, 1.54) is 0 Å². The second-order valence-corrected chi connectivity index (χ2v) is 3.34. The topological polar surface area (TPSA) is 61.5 Å². The number of hydrogen-bond acceptors (Lipinski definition) is 4. The van der Waals surface area contributed by atoms with E-state index in [4.69, 9.17) is 15.2 Å². The largest absolute Gasteiger partial charge is 0.519 e. The zero-order valence-corrected chi connectivity index (χ0v) is 9.00. The summed E-state index contributed by atoms with van der Waals surface area (Å²) in [5, 5.41) is 0. The van der Waals surface area contributed by atoms with Crippen LogP contribution in [0.2, 0.25) is 0 Å². The molecule has 0 radical (unpaired) electrons. The number of nitrogen functional groups attached to an aromatic ring is 1. The normalized spacial score (nSPS) is 9.65. The molecular formula is C13H11NO3. The lowest BCUT2D eigenvalue weighted by molar-refractivity contribution is 0.152. The molecule has 0 bridgehead atoms. The minimum Gasteiger partial charge on any atom is -0.399 e. The molecule has 4 heteroatoms. The van der Waals surface area contributed by atoms with Crippen LogP contribution < -0.4 is 15.2 Å². The number of benzene rings is 2. The Hall–Kier alpha value is -2.49. The summed E-state index contributed by atoms with van der Waals surface area (Å²) in [5.41, 5.74) is 6.11. The Morgan fingerprint density at radius 1 is 0.824 bits per heavy atom. The highest BCUT2D eigenvalue weighted by atomic mass is 16.7. The van der Waals surface area contributed by atoms with E-state index < -0.39 is 6.16 Å². The highest BCUT2D eigenvalue weighted by Gasteiger charge is 2.06. The summed E-state index contributed by atoms with van der Waals surface area (Å²) in [4.78, 5) is 11.4. The molecule has 86 valence electrons. The molecule has 0 spiro atoms. The van der Waals surface area contributed by atoms with Crippen LogP contribution in [0.4, 0.5) is 10.5 Å². The Morgan fingerprint density at radius 2 is 1.35 bits per heavy atom. The monoisotopic (exact) mass is 229 g/mol. The lowest BCUT2D eigenvalue weighted by atomic mass is 10.3. The van der Waals surface area contributed by atoms with Gasteiger partial charge in [-0.2, -0.15) is 0 Å². The summed E-state index contributed by atoms with van der Waals surface area (Å²) in [5.74, 6) is 0.827. The van der Waals surface area contributed by atoms with E-state index in [1.807, 2.05) is 6.07 Å². The van der Waals surface area contributed by atoms with E-state index >= 15 is 0 Å². The minimum absolute atomic E-state index is 0.389. The molecule has 0 heterocycles. The summed E-state index contributed by atoms with van der Waals surface area (Å²) in [7, 11) is 0. The quantitative estimate of drug-likeness (QED) is 0.488. The fourth-order valence-electron chi connectivity index (χ4n) is 1.24. The number of nitrogens with two attached hydrogens (primary N) is 1. The molecule has 2 aromatic rings. The van der Waals surface area contributed by atoms with Crippen molar-refractivity contribution < 1.29 is 14.3 Å². The fraction of sp³-hybridized carbons (Fsp3) is 0. The predicted octanol–water partition coefficient (Wildman–Crippen LogP) is 2.85. The van der Waals surface area contributed by atoms with Crippen molar-refractivity contribution in [2.24, 2.45) is 0 Å². The fourth-order valence-corrected chi connectivity index (χ4v) is 1.24. The van der Waals surface area contributed by atoms with Gasteiger partial charge in [-0.15, -0.1) is 0 Å². The molecule has 0 fully saturated rings. The molecule has 0 aliphatic carbocycles. The molecule has 2 N–H and O–H groups in total. The van der Waals surface area contributed by atoms with E-state index in [2.05, 4.69) is 0 Å². The Kier molecular flexibility index (Phi) is 3.25. The predicted molar refractivity (Wildman–Crippen MR) is 63.9 cm³/mol. The Balaban J connectivity index is 1.96. The van der Waals surface area contributed by atoms with Crippen LogP contribution in [0.1, 0.15) is 0 Å². The molecular weight excluding hydrogens is 218 g/mol. The number of anilines is 1. The standard InChI is InChI=1S/C13H11NO3/c14-10-6-8-12(9-7-10)17-13(15)16-11-4-2-1-3-5-11/h1-9H,14H2. The van der Waals surface area contributed by atoms with Gasteiger partial charge in [0.05, 0.1) is 0 Å². The second-order valence-electron chi connectivity index (χ2n) is 3.34. The van der Waals surface area contributed by atoms with Gasteiger partial charge >= 0.3 is 6.16 Å². The highest BCUT2D eigenvalue weighted by Crippen LogP contribution is 2.15. The zero-order chi connectivity index (χ0) is 12.1. The van der Waals surface area contributed by atoms with E-state index in [-0.39, 0.29) is 0 Å². The maximum atomic E-state index is 11.4. The SMILES string of the molecule is Nc1ccc(OC(=O)Oc2ccccc2)cc1. The Labute approximate surface area is 98.6 Å². The molecule has 0 aliphatic heterocycles. The van der Waals surface area contributed by atoms with Crippen LogP contribution >= 0.6 is 0 Å². The highest BCUT2D eigenvalue weighted by molar-refractivity contribution is 5.67. The van der Waals surface area contributed by atoms with Crippen molar-refractivity contribution in [3.05, 3.63) is 54.6 Å². The molecule has 4 nitrogen and oxygen atoms in total. The number of rotatable bonds is 2. The van der Waals surface area contributed by atoms with Crippen LogP contribution in [0.3, 0.4) is 0 Å². The molecule has 0 aliphatic rings. The van der Waals surface area contributed by atoms with Crippen LogP contribution in [0.5, 0.6) is 11.5 Å². The van der Waals surface area contributed by atoms with Crippen molar-refractivity contribution in [3.8, 4) is 11.5 Å². The van der Waals surface area contributed by atoms with Crippen molar-refractivity contribution in [1.82, 2.24) is 0 Å². The number of para-hydroxylation sites is 1. The van der Waals surface area contributed by atoms with Crippen molar-refractivity contribution >= 4 is 11.8 Å². The summed E-state index contributed by atoms with van der Waals surface area (Å²) in [6.45, 7) is 0. The van der Waals surface area contributed by atoms with Crippen LogP contribution in [0, 0.1) is 0 Å². The molecule has 2 aromatic carbocycles. The van der Waals surface area contributed by atoms with Crippen molar-refractivity contribution in [2.45, 2.75) is 0 Å². The van der Waals surface area contributed by atoms with Gasteiger partial charge in [0.15, 0.2) is 0 Å². The summed E-state index contributed by atoms with van der Waals surface area (Å²) < 4.78 is 9.91. The Bertz CT molecular complexity index is 494. The first-order valence-electron chi connectivity index (χ1n) is 5.04. The van der Waals surface area contributed by atoms with Gasteiger partial charge in [0, 0.05) is 5.69 Å². The lowest BCUT2D eigenvalue weighted by Crippen LogP contribution is -2.13. The summed E-state index contributed by atoms with van der Waals surface area (Å²) in [6.07, 6.45) is -0.777. The molecule has 0 saturated carbocycles.